The van der Waals surface area contributed by atoms with Crippen LogP contribution in [0.25, 0.3) is 0 Å². The molecule has 0 aromatic carbocycles. The molecular formula is C11H20N2O2. The number of nitrogens with one attached hydrogen (secondary N) is 1. The van der Waals surface area contributed by atoms with Gasteiger partial charge in [0.25, 0.3) is 0 Å². The van der Waals surface area contributed by atoms with Crippen LogP contribution in [-0.4, -0.2) is 48.2 Å². The first kappa shape index (κ1) is 12.2. The Hall–Kier alpha value is -0.870. The second kappa shape index (κ2) is 6.58. The van der Waals surface area contributed by atoms with Crippen molar-refractivity contribution < 1.29 is 9.90 Å². The molecule has 0 saturated carbocycles. The summed E-state index contributed by atoms with van der Waals surface area (Å²) < 4.78 is 0. The molecule has 2 N–H and O–H groups in total. The highest BCUT2D eigenvalue weighted by Crippen LogP contribution is 2.10. The van der Waals surface area contributed by atoms with Crippen LogP contribution in [0.3, 0.4) is 0 Å². The fourth-order valence-corrected chi connectivity index (χ4v) is 1.85. The maximum Gasteiger partial charge on any atom is 0.328 e. The second-order valence-corrected chi connectivity index (χ2v) is 3.99. The van der Waals surface area contributed by atoms with E-state index in [1.165, 1.54) is 32.0 Å². The zero-order chi connectivity index (χ0) is 11.1. The van der Waals surface area contributed by atoms with Crippen molar-refractivity contribution >= 4 is 5.97 Å². The van der Waals surface area contributed by atoms with Gasteiger partial charge in [0.15, 0.2) is 0 Å². The van der Waals surface area contributed by atoms with Crippen molar-refractivity contribution in [2.24, 2.45) is 0 Å². The molecule has 1 atom stereocenters. The van der Waals surface area contributed by atoms with Crippen molar-refractivity contribution in [1.29, 1.82) is 0 Å². The maximum absolute atomic E-state index is 10.2. The Bertz CT molecular complexity index is 223. The number of carboxylic acid groups (broad SMARTS) is 1. The van der Waals surface area contributed by atoms with Crippen molar-refractivity contribution in [2.45, 2.75) is 25.8 Å². The van der Waals surface area contributed by atoms with E-state index in [0.717, 1.165) is 6.54 Å². The summed E-state index contributed by atoms with van der Waals surface area (Å²) in [5.41, 5.74) is 0. The minimum atomic E-state index is -0.885. The average molecular weight is 212 g/mol. The minimum Gasteiger partial charge on any atom is -0.478 e. The van der Waals surface area contributed by atoms with Gasteiger partial charge in [0.2, 0.25) is 0 Å². The van der Waals surface area contributed by atoms with E-state index in [2.05, 4.69) is 17.1 Å². The van der Waals surface area contributed by atoms with E-state index in [-0.39, 0.29) is 0 Å². The van der Waals surface area contributed by atoms with Crippen LogP contribution in [0, 0.1) is 0 Å². The molecule has 1 saturated heterocycles. The van der Waals surface area contributed by atoms with E-state index in [0.29, 0.717) is 12.6 Å². The molecule has 0 aliphatic carbocycles. The lowest BCUT2D eigenvalue weighted by Gasteiger charge is -2.23. The molecule has 86 valence electrons. The summed E-state index contributed by atoms with van der Waals surface area (Å²) in [6, 6.07) is 0.547. The molecule has 0 bridgehead atoms. The van der Waals surface area contributed by atoms with Crippen molar-refractivity contribution in [3.05, 3.63) is 12.2 Å². The first-order valence-electron chi connectivity index (χ1n) is 5.54. The Morgan fingerprint density at radius 3 is 2.80 bits per heavy atom. The van der Waals surface area contributed by atoms with Crippen LogP contribution in [-0.2, 0) is 4.79 Å². The van der Waals surface area contributed by atoms with Gasteiger partial charge in [-0.2, -0.15) is 0 Å². The lowest BCUT2D eigenvalue weighted by Crippen LogP contribution is -2.38. The van der Waals surface area contributed by atoms with Gasteiger partial charge >= 0.3 is 5.97 Å². The van der Waals surface area contributed by atoms with Gasteiger partial charge in [0.05, 0.1) is 0 Å². The van der Waals surface area contributed by atoms with Crippen molar-refractivity contribution in [3.63, 3.8) is 0 Å². The van der Waals surface area contributed by atoms with E-state index in [1.54, 1.807) is 6.08 Å². The number of carbonyl (C=O) groups is 1. The van der Waals surface area contributed by atoms with Gasteiger partial charge in [-0.05, 0) is 32.9 Å². The number of hydrogen-bond acceptors (Lipinski definition) is 3. The van der Waals surface area contributed by atoms with Crippen LogP contribution in [0.5, 0.6) is 0 Å². The first-order chi connectivity index (χ1) is 7.20. The molecule has 1 aliphatic heterocycles. The molecule has 0 aromatic heterocycles. The highest BCUT2D eigenvalue weighted by Gasteiger charge is 2.16. The van der Waals surface area contributed by atoms with Crippen molar-refractivity contribution in [1.82, 2.24) is 10.2 Å². The first-order valence-corrected chi connectivity index (χ1v) is 5.54. The van der Waals surface area contributed by atoms with E-state index in [9.17, 15) is 4.79 Å². The molecule has 1 heterocycles. The lowest BCUT2D eigenvalue weighted by atomic mass is 10.3. The number of hydrogen-bond donors (Lipinski definition) is 2. The summed E-state index contributed by atoms with van der Waals surface area (Å²) in [6.45, 7) is 6.16. The van der Waals surface area contributed by atoms with Gasteiger partial charge in [-0.1, -0.05) is 6.08 Å². The van der Waals surface area contributed by atoms with Crippen molar-refractivity contribution in [2.75, 3.05) is 26.2 Å². The fourth-order valence-electron chi connectivity index (χ4n) is 1.85. The molecule has 15 heavy (non-hydrogen) atoms. The van der Waals surface area contributed by atoms with Crippen LogP contribution in [0.1, 0.15) is 19.8 Å². The molecular weight excluding hydrogens is 192 g/mol. The topological polar surface area (TPSA) is 52.6 Å². The average Bonchev–Trinajstić information content (AvgIpc) is 2.69. The Balaban J connectivity index is 2.06. The monoisotopic (exact) mass is 212 g/mol. The van der Waals surface area contributed by atoms with Gasteiger partial charge in [-0.25, -0.2) is 4.79 Å². The van der Waals surface area contributed by atoms with Gasteiger partial charge in [0, 0.05) is 25.2 Å². The summed E-state index contributed by atoms with van der Waals surface area (Å²) in [5, 5.41) is 11.6. The summed E-state index contributed by atoms with van der Waals surface area (Å²) >= 11 is 0. The van der Waals surface area contributed by atoms with Gasteiger partial charge < -0.3 is 10.4 Å². The Kier molecular flexibility index (Phi) is 5.36. The zero-order valence-electron chi connectivity index (χ0n) is 9.28. The van der Waals surface area contributed by atoms with E-state index in [1.807, 2.05) is 0 Å². The normalized spacial score (nSPS) is 19.8. The molecule has 4 heteroatoms. The van der Waals surface area contributed by atoms with Crippen LogP contribution < -0.4 is 5.32 Å². The van der Waals surface area contributed by atoms with E-state index < -0.39 is 5.97 Å². The van der Waals surface area contributed by atoms with E-state index in [4.69, 9.17) is 5.11 Å². The third-order valence-corrected chi connectivity index (χ3v) is 2.73. The smallest absolute Gasteiger partial charge is 0.328 e. The number of aliphatic carboxylic acids is 1. The zero-order valence-corrected chi connectivity index (χ0v) is 9.28. The molecule has 1 aliphatic rings. The largest absolute Gasteiger partial charge is 0.478 e. The fraction of sp³-hybridized carbons (Fsp3) is 0.727. The summed E-state index contributed by atoms with van der Waals surface area (Å²) in [7, 11) is 0. The summed E-state index contributed by atoms with van der Waals surface area (Å²) in [5.74, 6) is -0.885. The highest BCUT2D eigenvalue weighted by molar-refractivity contribution is 5.79. The third kappa shape index (κ3) is 4.95. The molecule has 0 spiro atoms. The summed E-state index contributed by atoms with van der Waals surface area (Å²) in [4.78, 5) is 12.6. The molecule has 1 unspecified atom stereocenters. The van der Waals surface area contributed by atoms with E-state index >= 15 is 0 Å². The maximum atomic E-state index is 10.2. The third-order valence-electron chi connectivity index (χ3n) is 2.73. The summed E-state index contributed by atoms with van der Waals surface area (Å²) in [6.07, 6.45) is 5.43. The molecule has 4 nitrogen and oxygen atoms in total. The predicted molar refractivity (Wildman–Crippen MR) is 59.9 cm³/mol. The highest BCUT2D eigenvalue weighted by atomic mass is 16.4. The molecule has 0 amide bonds. The Labute approximate surface area is 91.0 Å². The van der Waals surface area contributed by atoms with Gasteiger partial charge in [0.1, 0.15) is 0 Å². The number of likely N-dealkylation sites (tertiary alicyclic amines) is 1. The number of carboxylic acids is 1. The van der Waals surface area contributed by atoms with Gasteiger partial charge in [-0.3, -0.25) is 4.90 Å². The predicted octanol–water partition coefficient (Wildman–Crippen LogP) is 0.701. The van der Waals surface area contributed by atoms with Crippen LogP contribution in [0.2, 0.25) is 0 Å². The Morgan fingerprint density at radius 2 is 2.20 bits per heavy atom. The van der Waals surface area contributed by atoms with Crippen LogP contribution in [0.15, 0.2) is 12.2 Å². The molecule has 1 fully saturated rings. The number of nitrogens with zero attached hydrogens (tertiary/aromatic N) is 1. The SMILES string of the molecule is CC(CNC/C=C/C(=O)O)N1CCCC1. The lowest BCUT2D eigenvalue weighted by molar-refractivity contribution is -0.131. The van der Waals surface area contributed by atoms with Crippen LogP contribution >= 0.6 is 0 Å². The van der Waals surface area contributed by atoms with Gasteiger partial charge in [-0.15, -0.1) is 0 Å². The molecule has 1 rings (SSSR count). The van der Waals surface area contributed by atoms with Crippen LogP contribution in [0.4, 0.5) is 0 Å². The minimum absolute atomic E-state index is 0.547. The van der Waals surface area contributed by atoms with Crippen molar-refractivity contribution in [3.8, 4) is 0 Å². The molecule has 0 aromatic rings. The second-order valence-electron chi connectivity index (χ2n) is 3.99. The Morgan fingerprint density at radius 1 is 1.53 bits per heavy atom. The number of rotatable bonds is 6. The molecule has 0 radical (unpaired) electrons. The standard InChI is InChI=1S/C11H20N2O2/c1-10(13-7-2-3-8-13)9-12-6-4-5-11(14)15/h4-5,10,12H,2-3,6-9H2,1H3,(H,14,15)/b5-4+. The quantitative estimate of drug-likeness (QED) is 0.503.